The van der Waals surface area contributed by atoms with E-state index in [4.69, 9.17) is 4.98 Å². The van der Waals surface area contributed by atoms with Gasteiger partial charge in [0.2, 0.25) is 5.91 Å². The van der Waals surface area contributed by atoms with E-state index >= 15 is 0 Å². The largest absolute Gasteiger partial charge is 0.508 e. The van der Waals surface area contributed by atoms with Gasteiger partial charge in [-0.3, -0.25) is 14.9 Å². The SMILES string of the molecule is O=C(Nc1cncc(-c2ccc3[nH]nc(-c4cc5c(-c6cc(O)cc(F)c6)ccnc5[nH]4)c3n2)c1)C1CCCC1. The number of pyridine rings is 3. The molecule has 5 heterocycles. The van der Waals surface area contributed by atoms with Crippen molar-refractivity contribution in [1.29, 1.82) is 0 Å². The number of phenols is 1. The number of amides is 1. The van der Waals surface area contributed by atoms with Gasteiger partial charge >= 0.3 is 0 Å². The molecule has 0 unspecified atom stereocenters. The number of phenolic OH excluding ortho intramolecular Hbond substituents is 1. The first-order valence-corrected chi connectivity index (χ1v) is 13.1. The fraction of sp³-hybridized carbons (Fsp3) is 0.167. The summed E-state index contributed by atoms with van der Waals surface area (Å²) in [7, 11) is 0. The predicted molar refractivity (Wildman–Crippen MR) is 150 cm³/mol. The number of halogens is 1. The second-order valence-electron chi connectivity index (χ2n) is 10.1. The number of aromatic hydroxyl groups is 1. The van der Waals surface area contributed by atoms with Crippen LogP contribution in [0.4, 0.5) is 10.1 Å². The molecule has 0 saturated heterocycles. The normalized spacial score (nSPS) is 13.8. The van der Waals surface area contributed by atoms with E-state index in [9.17, 15) is 14.3 Å². The quantitative estimate of drug-likeness (QED) is 0.208. The molecule has 40 heavy (non-hydrogen) atoms. The highest BCUT2D eigenvalue weighted by molar-refractivity contribution is 5.99. The van der Waals surface area contributed by atoms with Crippen LogP contribution in [-0.4, -0.2) is 41.1 Å². The second-order valence-corrected chi connectivity index (χ2v) is 10.1. The van der Waals surface area contributed by atoms with Gasteiger partial charge in [-0.25, -0.2) is 14.4 Å². The highest BCUT2D eigenvalue weighted by Gasteiger charge is 2.23. The average Bonchev–Trinajstić information content (AvgIpc) is 3.71. The van der Waals surface area contributed by atoms with E-state index in [1.807, 2.05) is 24.3 Å². The average molecular weight is 534 g/mol. The first-order chi connectivity index (χ1) is 19.5. The molecule has 0 radical (unpaired) electrons. The van der Waals surface area contributed by atoms with Crippen molar-refractivity contribution in [3.63, 3.8) is 0 Å². The number of carbonyl (C=O) groups is 1. The number of hydrogen-bond donors (Lipinski definition) is 4. The van der Waals surface area contributed by atoms with E-state index < -0.39 is 5.82 Å². The summed E-state index contributed by atoms with van der Waals surface area (Å²) in [6.07, 6.45) is 9.03. The number of anilines is 1. The molecule has 0 aliphatic heterocycles. The van der Waals surface area contributed by atoms with Crippen LogP contribution in [0, 0.1) is 11.7 Å². The van der Waals surface area contributed by atoms with Crippen LogP contribution in [0.3, 0.4) is 0 Å². The second kappa shape index (κ2) is 9.57. The third-order valence-corrected chi connectivity index (χ3v) is 7.42. The molecule has 1 fully saturated rings. The van der Waals surface area contributed by atoms with Gasteiger partial charge in [0.1, 0.15) is 28.4 Å². The van der Waals surface area contributed by atoms with Gasteiger partial charge in [-0.2, -0.15) is 5.10 Å². The molecular weight excluding hydrogens is 509 g/mol. The molecule has 1 aliphatic carbocycles. The van der Waals surface area contributed by atoms with E-state index in [1.54, 1.807) is 24.7 Å². The van der Waals surface area contributed by atoms with Crippen LogP contribution in [0.25, 0.3) is 55.8 Å². The highest BCUT2D eigenvalue weighted by atomic mass is 19.1. The highest BCUT2D eigenvalue weighted by Crippen LogP contribution is 2.35. The van der Waals surface area contributed by atoms with Crippen LogP contribution in [0.15, 0.2) is 67.1 Å². The Balaban J connectivity index is 1.25. The lowest BCUT2D eigenvalue weighted by Crippen LogP contribution is -2.20. The first-order valence-electron chi connectivity index (χ1n) is 13.1. The Bertz CT molecular complexity index is 1890. The van der Waals surface area contributed by atoms with Crippen LogP contribution in [0.1, 0.15) is 25.7 Å². The van der Waals surface area contributed by atoms with Gasteiger partial charge in [0.25, 0.3) is 0 Å². The Morgan fingerprint density at radius 1 is 1.02 bits per heavy atom. The van der Waals surface area contributed by atoms with Crippen molar-refractivity contribution in [2.24, 2.45) is 5.92 Å². The van der Waals surface area contributed by atoms with Gasteiger partial charge in [0.05, 0.1) is 28.8 Å². The number of nitrogens with one attached hydrogen (secondary N) is 3. The zero-order valence-corrected chi connectivity index (χ0v) is 21.3. The summed E-state index contributed by atoms with van der Waals surface area (Å²) < 4.78 is 14.0. The molecule has 4 N–H and O–H groups in total. The minimum absolute atomic E-state index is 0.0391. The van der Waals surface area contributed by atoms with Crippen molar-refractivity contribution in [2.75, 3.05) is 5.32 Å². The Morgan fingerprint density at radius 2 is 1.90 bits per heavy atom. The van der Waals surface area contributed by atoms with E-state index in [-0.39, 0.29) is 17.6 Å². The molecular formula is C30H24FN7O2. The molecule has 6 aromatic rings. The zero-order chi connectivity index (χ0) is 27.2. The summed E-state index contributed by atoms with van der Waals surface area (Å²) in [4.78, 5) is 29.6. The molecule has 0 bridgehead atoms. The predicted octanol–water partition coefficient (Wildman–Crippen LogP) is 6.20. The van der Waals surface area contributed by atoms with Crippen LogP contribution < -0.4 is 5.32 Å². The number of aromatic nitrogens is 6. The fourth-order valence-corrected chi connectivity index (χ4v) is 5.46. The Labute approximate surface area is 227 Å². The molecule has 1 amide bonds. The maximum absolute atomic E-state index is 14.0. The lowest BCUT2D eigenvalue weighted by molar-refractivity contribution is -0.119. The summed E-state index contributed by atoms with van der Waals surface area (Å²) in [6.45, 7) is 0. The van der Waals surface area contributed by atoms with Crippen molar-refractivity contribution >= 4 is 33.7 Å². The summed E-state index contributed by atoms with van der Waals surface area (Å²) in [5.74, 6) is -0.577. The molecule has 9 nitrogen and oxygen atoms in total. The van der Waals surface area contributed by atoms with Crippen LogP contribution >= 0.6 is 0 Å². The van der Waals surface area contributed by atoms with E-state index in [0.717, 1.165) is 53.8 Å². The molecule has 1 aromatic carbocycles. The maximum atomic E-state index is 14.0. The summed E-state index contributed by atoms with van der Waals surface area (Å²) in [6, 6.07) is 13.3. The standard InChI is InChI=1S/C30H24FN7O2/c31-19-9-17(11-21(39)12-19)22-7-8-33-29-23(22)13-26(36-29)28-27-25(37-38-28)6-5-24(35-27)18-10-20(15-32-14-18)34-30(40)16-3-1-2-4-16/h5-16,39H,1-4H2,(H,33,36)(H,34,40)(H,37,38). The third kappa shape index (κ3) is 4.33. The van der Waals surface area contributed by atoms with Crippen molar-refractivity contribution in [2.45, 2.75) is 25.7 Å². The summed E-state index contributed by atoms with van der Waals surface area (Å²) in [5, 5.41) is 21.2. The molecule has 7 rings (SSSR count). The van der Waals surface area contributed by atoms with Gasteiger partial charge < -0.3 is 15.4 Å². The van der Waals surface area contributed by atoms with Crippen LogP contribution in [0.5, 0.6) is 5.75 Å². The fourth-order valence-electron chi connectivity index (χ4n) is 5.46. The minimum atomic E-state index is -0.526. The lowest BCUT2D eigenvalue weighted by Gasteiger charge is -2.11. The topological polar surface area (TPSA) is 132 Å². The smallest absolute Gasteiger partial charge is 0.227 e. The number of nitrogens with zero attached hydrogens (tertiary/aromatic N) is 4. The molecule has 0 spiro atoms. The number of H-pyrrole nitrogens is 2. The third-order valence-electron chi connectivity index (χ3n) is 7.42. The van der Waals surface area contributed by atoms with Gasteiger partial charge in [0, 0.05) is 35.3 Å². The Kier molecular flexibility index (Phi) is 5.73. The number of rotatable bonds is 5. The monoisotopic (exact) mass is 533 g/mol. The Hall–Kier alpha value is -5.12. The van der Waals surface area contributed by atoms with Crippen molar-refractivity contribution < 1.29 is 14.3 Å². The van der Waals surface area contributed by atoms with Crippen molar-refractivity contribution in [3.8, 4) is 39.5 Å². The van der Waals surface area contributed by atoms with Gasteiger partial charge in [-0.05, 0) is 66.4 Å². The molecule has 0 atom stereocenters. The number of fused-ring (bicyclic) bond motifs is 2. The van der Waals surface area contributed by atoms with E-state index in [1.165, 1.54) is 12.1 Å². The maximum Gasteiger partial charge on any atom is 0.227 e. The van der Waals surface area contributed by atoms with Crippen LogP contribution in [-0.2, 0) is 4.79 Å². The number of carbonyl (C=O) groups excluding carboxylic acids is 1. The summed E-state index contributed by atoms with van der Waals surface area (Å²) in [5.41, 5.74) is 6.63. The van der Waals surface area contributed by atoms with E-state index in [0.29, 0.717) is 39.5 Å². The molecule has 198 valence electrons. The number of aromatic amines is 2. The molecule has 10 heteroatoms. The Morgan fingerprint density at radius 3 is 2.75 bits per heavy atom. The minimum Gasteiger partial charge on any atom is -0.508 e. The van der Waals surface area contributed by atoms with Crippen LogP contribution in [0.2, 0.25) is 0 Å². The number of hydrogen-bond acceptors (Lipinski definition) is 6. The first kappa shape index (κ1) is 24.0. The van der Waals surface area contributed by atoms with E-state index in [2.05, 4.69) is 30.5 Å². The molecule has 5 aromatic heterocycles. The summed E-state index contributed by atoms with van der Waals surface area (Å²) >= 11 is 0. The van der Waals surface area contributed by atoms with Gasteiger partial charge in [-0.1, -0.05) is 12.8 Å². The molecule has 1 saturated carbocycles. The van der Waals surface area contributed by atoms with Gasteiger partial charge in [0.15, 0.2) is 0 Å². The van der Waals surface area contributed by atoms with Crippen molar-refractivity contribution in [1.82, 2.24) is 30.1 Å². The lowest BCUT2D eigenvalue weighted by atomic mass is 10.0. The number of benzene rings is 1. The van der Waals surface area contributed by atoms with Gasteiger partial charge in [-0.15, -0.1) is 0 Å². The van der Waals surface area contributed by atoms with Crippen molar-refractivity contribution in [3.05, 3.63) is 72.9 Å². The molecule has 1 aliphatic rings. The zero-order valence-electron chi connectivity index (χ0n) is 21.3.